The number of para-hydroxylation sites is 1. The molecule has 0 atom stereocenters. The quantitative estimate of drug-likeness (QED) is 0.543. The Morgan fingerprint density at radius 3 is 2.52 bits per heavy atom. The van der Waals surface area contributed by atoms with Gasteiger partial charge in [0.1, 0.15) is 5.52 Å². The average Bonchev–Trinajstić information content (AvgIpc) is 2.90. The van der Waals surface area contributed by atoms with Gasteiger partial charge < -0.3 is 8.98 Å². The van der Waals surface area contributed by atoms with Crippen LogP contribution in [0.15, 0.2) is 69.9 Å². The molecule has 2 aromatic heterocycles. The zero-order chi connectivity index (χ0) is 15.8. The molecule has 4 aromatic rings. The van der Waals surface area contributed by atoms with Crippen molar-refractivity contribution in [3.63, 3.8) is 0 Å². The zero-order valence-corrected chi connectivity index (χ0v) is 12.2. The molecule has 0 radical (unpaired) electrons. The molecule has 0 fully saturated rings. The van der Waals surface area contributed by atoms with Gasteiger partial charge in [0, 0.05) is 18.0 Å². The SMILES string of the molecule is O=Cc1cc(=O)c2c(o1)c1ccccc1n2Cc1ccccc1. The van der Waals surface area contributed by atoms with E-state index in [1.165, 1.54) is 6.07 Å². The van der Waals surface area contributed by atoms with Crippen molar-refractivity contribution >= 4 is 28.3 Å². The highest BCUT2D eigenvalue weighted by Crippen LogP contribution is 2.28. The highest BCUT2D eigenvalue weighted by Gasteiger charge is 2.16. The Balaban J connectivity index is 2.08. The number of hydrogen-bond donors (Lipinski definition) is 0. The third-order valence-corrected chi connectivity index (χ3v) is 3.95. The third kappa shape index (κ3) is 2.16. The van der Waals surface area contributed by atoms with Gasteiger partial charge in [0.25, 0.3) is 0 Å². The Kier molecular flexibility index (Phi) is 3.08. The Morgan fingerprint density at radius 2 is 1.74 bits per heavy atom. The van der Waals surface area contributed by atoms with E-state index >= 15 is 0 Å². The molecule has 2 heterocycles. The van der Waals surface area contributed by atoms with Crippen LogP contribution in [0, 0.1) is 0 Å². The highest BCUT2D eigenvalue weighted by atomic mass is 16.3. The predicted molar refractivity (Wildman–Crippen MR) is 88.9 cm³/mol. The van der Waals surface area contributed by atoms with Crippen LogP contribution in [-0.2, 0) is 6.54 Å². The molecule has 112 valence electrons. The number of benzene rings is 2. The summed E-state index contributed by atoms with van der Waals surface area (Å²) in [5, 5.41) is 0.833. The Labute approximate surface area is 131 Å². The van der Waals surface area contributed by atoms with Crippen molar-refractivity contribution in [3.05, 3.63) is 82.2 Å². The number of nitrogens with zero attached hydrogens (tertiary/aromatic N) is 1. The second kappa shape index (κ2) is 5.25. The van der Waals surface area contributed by atoms with E-state index in [1.807, 2.05) is 59.2 Å². The maximum atomic E-state index is 12.5. The molecular weight excluding hydrogens is 290 g/mol. The first-order valence-electron chi connectivity index (χ1n) is 7.32. The van der Waals surface area contributed by atoms with Gasteiger partial charge in [0.2, 0.25) is 5.43 Å². The van der Waals surface area contributed by atoms with Crippen molar-refractivity contribution in [2.75, 3.05) is 0 Å². The molecule has 23 heavy (non-hydrogen) atoms. The Morgan fingerprint density at radius 1 is 1.00 bits per heavy atom. The molecule has 0 aliphatic rings. The summed E-state index contributed by atoms with van der Waals surface area (Å²) in [5.74, 6) is 0.0464. The van der Waals surface area contributed by atoms with Crippen LogP contribution in [0.1, 0.15) is 16.1 Å². The molecule has 0 aliphatic heterocycles. The van der Waals surface area contributed by atoms with Gasteiger partial charge in [-0.15, -0.1) is 0 Å². The standard InChI is InChI=1S/C19H13NO3/c21-12-14-10-17(22)18-19(23-14)15-8-4-5-9-16(15)20(18)11-13-6-2-1-3-7-13/h1-10,12H,11H2. The molecule has 4 heteroatoms. The Bertz CT molecular complexity index is 1070. The molecular formula is C19H13NO3. The lowest BCUT2D eigenvalue weighted by atomic mass is 10.2. The van der Waals surface area contributed by atoms with Gasteiger partial charge in [0.15, 0.2) is 17.6 Å². The summed E-state index contributed by atoms with van der Waals surface area (Å²) in [6.07, 6.45) is 0.560. The van der Waals surface area contributed by atoms with Crippen LogP contribution in [0.25, 0.3) is 22.0 Å². The summed E-state index contributed by atoms with van der Waals surface area (Å²) in [7, 11) is 0. The van der Waals surface area contributed by atoms with Crippen LogP contribution in [0.4, 0.5) is 0 Å². The fourth-order valence-corrected chi connectivity index (χ4v) is 2.95. The molecule has 0 saturated carbocycles. The minimum Gasteiger partial charge on any atom is -0.451 e. The minimum atomic E-state index is -0.208. The van der Waals surface area contributed by atoms with Crippen molar-refractivity contribution in [2.24, 2.45) is 0 Å². The van der Waals surface area contributed by atoms with E-state index in [-0.39, 0.29) is 11.2 Å². The maximum absolute atomic E-state index is 12.5. The van der Waals surface area contributed by atoms with Crippen molar-refractivity contribution in [3.8, 4) is 0 Å². The summed E-state index contributed by atoms with van der Waals surface area (Å²) in [4.78, 5) is 23.5. The topological polar surface area (TPSA) is 52.2 Å². The lowest BCUT2D eigenvalue weighted by molar-refractivity contribution is 0.110. The van der Waals surface area contributed by atoms with E-state index in [0.717, 1.165) is 16.5 Å². The molecule has 0 bridgehead atoms. The van der Waals surface area contributed by atoms with Crippen molar-refractivity contribution < 1.29 is 9.21 Å². The maximum Gasteiger partial charge on any atom is 0.209 e. The summed E-state index contributed by atoms with van der Waals surface area (Å²) in [6, 6.07) is 18.8. The third-order valence-electron chi connectivity index (χ3n) is 3.95. The first kappa shape index (κ1) is 13.5. The second-order valence-electron chi connectivity index (χ2n) is 5.40. The predicted octanol–water partition coefficient (Wildman–Crippen LogP) is 3.61. The van der Waals surface area contributed by atoms with Crippen LogP contribution >= 0.6 is 0 Å². The largest absolute Gasteiger partial charge is 0.451 e. The van der Waals surface area contributed by atoms with E-state index in [0.29, 0.717) is 23.9 Å². The van der Waals surface area contributed by atoms with Gasteiger partial charge in [-0.25, -0.2) is 0 Å². The van der Waals surface area contributed by atoms with Crippen LogP contribution in [0.5, 0.6) is 0 Å². The zero-order valence-electron chi connectivity index (χ0n) is 12.2. The van der Waals surface area contributed by atoms with E-state index in [2.05, 4.69) is 0 Å². The van der Waals surface area contributed by atoms with E-state index in [9.17, 15) is 9.59 Å². The highest BCUT2D eigenvalue weighted by molar-refractivity contribution is 6.04. The first-order valence-corrected chi connectivity index (χ1v) is 7.32. The molecule has 2 aromatic carbocycles. The smallest absolute Gasteiger partial charge is 0.209 e. The van der Waals surface area contributed by atoms with Gasteiger partial charge in [-0.2, -0.15) is 0 Å². The monoisotopic (exact) mass is 303 g/mol. The van der Waals surface area contributed by atoms with Gasteiger partial charge in [0.05, 0.1) is 5.52 Å². The van der Waals surface area contributed by atoms with Crippen molar-refractivity contribution in [2.45, 2.75) is 6.54 Å². The normalized spacial score (nSPS) is 11.1. The molecule has 0 aliphatic carbocycles. The summed E-state index contributed by atoms with van der Waals surface area (Å²) in [5.41, 5.74) is 2.75. The van der Waals surface area contributed by atoms with Gasteiger partial charge in [-0.05, 0) is 17.7 Å². The minimum absolute atomic E-state index is 0.0464. The van der Waals surface area contributed by atoms with Crippen molar-refractivity contribution in [1.82, 2.24) is 4.57 Å². The molecule has 0 spiro atoms. The van der Waals surface area contributed by atoms with E-state index < -0.39 is 0 Å². The lowest BCUT2D eigenvalue weighted by Gasteiger charge is -2.06. The second-order valence-corrected chi connectivity index (χ2v) is 5.40. The molecule has 4 rings (SSSR count). The van der Waals surface area contributed by atoms with E-state index in [1.54, 1.807) is 0 Å². The van der Waals surface area contributed by atoms with Crippen LogP contribution in [0.2, 0.25) is 0 Å². The molecule has 0 amide bonds. The average molecular weight is 303 g/mol. The van der Waals surface area contributed by atoms with Gasteiger partial charge >= 0.3 is 0 Å². The molecule has 4 nitrogen and oxygen atoms in total. The molecule has 0 saturated heterocycles. The van der Waals surface area contributed by atoms with Crippen LogP contribution in [0.3, 0.4) is 0 Å². The fourth-order valence-electron chi connectivity index (χ4n) is 2.95. The number of aromatic nitrogens is 1. The van der Waals surface area contributed by atoms with Gasteiger partial charge in [-0.1, -0.05) is 42.5 Å². The number of rotatable bonds is 3. The number of carbonyl (C=O) groups is 1. The molecule has 0 N–H and O–H groups in total. The van der Waals surface area contributed by atoms with Crippen LogP contribution < -0.4 is 5.43 Å². The number of carbonyl (C=O) groups excluding carboxylic acids is 1. The fraction of sp³-hybridized carbons (Fsp3) is 0.0526. The van der Waals surface area contributed by atoms with Crippen LogP contribution in [-0.4, -0.2) is 10.9 Å². The Hall–Kier alpha value is -3.14. The van der Waals surface area contributed by atoms with Crippen molar-refractivity contribution in [1.29, 1.82) is 0 Å². The number of fused-ring (bicyclic) bond motifs is 3. The molecule has 0 unspecified atom stereocenters. The first-order chi connectivity index (χ1) is 11.3. The van der Waals surface area contributed by atoms with E-state index in [4.69, 9.17) is 4.42 Å². The summed E-state index contributed by atoms with van der Waals surface area (Å²) >= 11 is 0. The number of aldehydes is 1. The lowest BCUT2D eigenvalue weighted by Crippen LogP contribution is -2.09. The number of hydrogen-bond acceptors (Lipinski definition) is 3. The summed E-state index contributed by atoms with van der Waals surface area (Å²) < 4.78 is 7.58. The van der Waals surface area contributed by atoms with Gasteiger partial charge in [-0.3, -0.25) is 9.59 Å². The summed E-state index contributed by atoms with van der Waals surface area (Å²) in [6.45, 7) is 0.566.